The Hall–Kier alpha value is -1.40. The third kappa shape index (κ3) is 19.7. The molecule has 36 heavy (non-hydrogen) atoms. The number of esters is 1. The fourth-order valence-electron chi connectivity index (χ4n) is 3.16. The molecule has 0 aliphatic carbocycles. The largest absolute Gasteiger partial charge is 0.461 e. The topological polar surface area (TPSA) is 44.8 Å². The van der Waals surface area contributed by atoms with Gasteiger partial charge in [-0.2, -0.15) is 0 Å². The average Bonchev–Trinajstić information content (AvgIpc) is 2.89. The van der Waals surface area contributed by atoms with Crippen LogP contribution < -0.4 is 0 Å². The molecule has 0 aliphatic heterocycles. The Kier molecular flexibility index (Phi) is 21.7. The van der Waals surface area contributed by atoms with Gasteiger partial charge in [0, 0.05) is 24.4 Å². The third-order valence-corrected chi connectivity index (χ3v) is 6.41. The highest BCUT2D eigenvalue weighted by Gasteiger charge is 2.03. The molecular weight excluding hydrogens is 505 g/mol. The van der Waals surface area contributed by atoms with Crippen molar-refractivity contribution in [3.05, 3.63) is 96.7 Å². The first-order chi connectivity index (χ1) is 17.7. The summed E-state index contributed by atoms with van der Waals surface area (Å²) < 4.78 is 16.2. The van der Waals surface area contributed by atoms with Crippen LogP contribution in [-0.4, -0.2) is 18.2 Å². The summed E-state index contributed by atoms with van der Waals surface area (Å²) in [5.74, 6) is -0.113. The van der Waals surface area contributed by atoms with Crippen LogP contribution in [0.2, 0.25) is 0 Å². The SMILES string of the molecule is CC(/C=C\C/C=C\CC(/C=C/C=C\C/C=C\CCCCCC(=O)OCc1ccccc1)OP)OPP. The fraction of sp³-hybridized carbons (Fsp3) is 0.414. The summed E-state index contributed by atoms with van der Waals surface area (Å²) in [4.78, 5) is 11.8. The highest BCUT2D eigenvalue weighted by atomic mass is 32.0. The van der Waals surface area contributed by atoms with Gasteiger partial charge in [0.05, 0.1) is 12.2 Å². The minimum Gasteiger partial charge on any atom is -0.461 e. The Morgan fingerprint density at radius 3 is 2.50 bits per heavy atom. The van der Waals surface area contributed by atoms with Crippen LogP contribution in [0.15, 0.2) is 91.1 Å². The lowest BCUT2D eigenvalue weighted by Crippen LogP contribution is -2.04. The molecule has 0 aliphatic rings. The first-order valence-electron chi connectivity index (χ1n) is 12.6. The van der Waals surface area contributed by atoms with Crippen molar-refractivity contribution in [2.75, 3.05) is 0 Å². The second kappa shape index (κ2) is 24.0. The lowest BCUT2D eigenvalue weighted by molar-refractivity contribution is -0.145. The van der Waals surface area contributed by atoms with Crippen LogP contribution in [0.1, 0.15) is 63.9 Å². The number of benzene rings is 1. The van der Waals surface area contributed by atoms with E-state index in [0.29, 0.717) is 21.5 Å². The number of ether oxygens (including phenoxy) is 1. The van der Waals surface area contributed by atoms with E-state index in [0.717, 1.165) is 50.5 Å². The van der Waals surface area contributed by atoms with E-state index < -0.39 is 0 Å². The molecule has 1 rings (SSSR count). The summed E-state index contributed by atoms with van der Waals surface area (Å²) in [6, 6.07) is 9.78. The van der Waals surface area contributed by atoms with Crippen LogP contribution in [0.4, 0.5) is 0 Å². The van der Waals surface area contributed by atoms with Gasteiger partial charge in [-0.3, -0.25) is 4.79 Å². The first kappa shape index (κ1) is 32.6. The predicted molar refractivity (Wildman–Crippen MR) is 162 cm³/mol. The summed E-state index contributed by atoms with van der Waals surface area (Å²) in [6.07, 6.45) is 28.6. The molecule has 0 aromatic heterocycles. The van der Waals surface area contributed by atoms with Crippen LogP contribution in [-0.2, 0) is 25.2 Å². The van der Waals surface area contributed by atoms with Crippen molar-refractivity contribution in [2.45, 2.75) is 77.1 Å². The Bertz CT molecular complexity index is 819. The van der Waals surface area contributed by atoms with Crippen molar-refractivity contribution in [1.29, 1.82) is 0 Å². The molecule has 198 valence electrons. The minimum absolute atomic E-state index is 0.0478. The molecule has 0 radical (unpaired) electrons. The van der Waals surface area contributed by atoms with Gasteiger partial charge in [0.25, 0.3) is 0 Å². The van der Waals surface area contributed by atoms with Crippen LogP contribution in [0.3, 0.4) is 0 Å². The molecule has 0 spiro atoms. The maximum atomic E-state index is 11.8. The Morgan fingerprint density at radius 2 is 1.72 bits per heavy atom. The van der Waals surface area contributed by atoms with E-state index in [2.05, 4.69) is 73.1 Å². The van der Waals surface area contributed by atoms with Gasteiger partial charge in [0.2, 0.25) is 0 Å². The van der Waals surface area contributed by atoms with Crippen molar-refractivity contribution in [1.82, 2.24) is 0 Å². The molecule has 0 heterocycles. The van der Waals surface area contributed by atoms with Crippen molar-refractivity contribution in [2.24, 2.45) is 0 Å². The zero-order valence-electron chi connectivity index (χ0n) is 21.5. The van der Waals surface area contributed by atoms with Gasteiger partial charge in [-0.25, -0.2) is 0 Å². The molecule has 4 nitrogen and oxygen atoms in total. The molecular formula is C29H43O4P3. The van der Waals surface area contributed by atoms with E-state index in [1.165, 1.54) is 0 Å². The number of hydrogen-bond acceptors (Lipinski definition) is 4. The van der Waals surface area contributed by atoms with Gasteiger partial charge in [-0.15, -0.1) is 0 Å². The molecule has 5 atom stereocenters. The maximum absolute atomic E-state index is 11.8. The van der Waals surface area contributed by atoms with Crippen LogP contribution in [0, 0.1) is 0 Å². The molecule has 0 N–H and O–H groups in total. The molecule has 0 saturated carbocycles. The number of rotatable bonds is 20. The average molecular weight is 549 g/mol. The molecule has 1 aromatic carbocycles. The fourth-order valence-corrected chi connectivity index (χ4v) is 4.30. The summed E-state index contributed by atoms with van der Waals surface area (Å²) in [6.45, 7) is 2.40. The number of carbonyl (C=O) groups is 1. The highest BCUT2D eigenvalue weighted by molar-refractivity contribution is 8.00. The molecule has 0 amide bonds. The zero-order chi connectivity index (χ0) is 26.1. The maximum Gasteiger partial charge on any atom is 0.306 e. The molecule has 7 heteroatoms. The van der Waals surface area contributed by atoms with Gasteiger partial charge >= 0.3 is 5.97 Å². The van der Waals surface area contributed by atoms with E-state index in [9.17, 15) is 4.79 Å². The van der Waals surface area contributed by atoms with E-state index in [-0.39, 0.29) is 18.2 Å². The quantitative estimate of drug-likeness (QED) is 0.0538. The van der Waals surface area contributed by atoms with Crippen molar-refractivity contribution < 1.29 is 18.6 Å². The van der Waals surface area contributed by atoms with Gasteiger partial charge < -0.3 is 13.8 Å². The lowest BCUT2D eigenvalue weighted by atomic mass is 10.1. The number of carbonyl (C=O) groups excluding carboxylic acids is 1. The predicted octanol–water partition coefficient (Wildman–Crippen LogP) is 8.60. The van der Waals surface area contributed by atoms with Gasteiger partial charge in [0.1, 0.15) is 6.61 Å². The minimum atomic E-state index is -0.113. The second-order valence-electron chi connectivity index (χ2n) is 8.25. The molecule has 5 unspecified atom stereocenters. The monoisotopic (exact) mass is 548 g/mol. The van der Waals surface area contributed by atoms with E-state index >= 15 is 0 Å². The smallest absolute Gasteiger partial charge is 0.306 e. The Morgan fingerprint density at radius 1 is 0.944 bits per heavy atom. The summed E-state index contributed by atoms with van der Waals surface area (Å²) in [5.41, 5.74) is 1.03. The van der Waals surface area contributed by atoms with Crippen molar-refractivity contribution in [3.8, 4) is 0 Å². The molecule has 0 bridgehead atoms. The number of hydrogen-bond donors (Lipinski definition) is 0. The molecule has 0 saturated heterocycles. The first-order valence-corrected chi connectivity index (χ1v) is 15.8. The van der Waals surface area contributed by atoms with Crippen molar-refractivity contribution >= 4 is 32.9 Å². The van der Waals surface area contributed by atoms with Crippen molar-refractivity contribution in [3.63, 3.8) is 0 Å². The van der Waals surface area contributed by atoms with Gasteiger partial charge in [-0.1, -0.05) is 106 Å². The van der Waals surface area contributed by atoms with Crippen LogP contribution in [0.25, 0.3) is 0 Å². The van der Waals surface area contributed by atoms with Gasteiger partial charge in [-0.05, 0) is 51.0 Å². The van der Waals surface area contributed by atoms with Crippen LogP contribution >= 0.6 is 26.9 Å². The normalized spacial score (nSPS) is 14.4. The Balaban J connectivity index is 2.04. The van der Waals surface area contributed by atoms with E-state index in [1.54, 1.807) is 0 Å². The summed E-state index contributed by atoms with van der Waals surface area (Å²) in [5, 5.41) is 0. The number of unbranched alkanes of at least 4 members (excludes halogenated alkanes) is 3. The lowest BCUT2D eigenvalue weighted by Gasteiger charge is -2.06. The highest BCUT2D eigenvalue weighted by Crippen LogP contribution is 2.23. The van der Waals surface area contributed by atoms with E-state index in [4.69, 9.17) is 13.8 Å². The standard InChI is InChI=1S/C29H43O4P3/c1-26(33-36-35)19-13-10-11-17-23-28(32-34)22-16-8-6-4-2-3-5-7-9-18-24-29(30)31-25-27-20-14-12-15-21-27/h2-3,6,8,11-17,19-22,26,28,36H,4-5,7,9-10,18,23-25,34-35H2,1H3/b3-2-,8-6-,17-11-,19-13-,22-16+. The Labute approximate surface area is 225 Å². The number of allylic oxidation sites excluding steroid dienone is 7. The zero-order valence-corrected chi connectivity index (χ0v) is 24.8. The molecule has 0 fully saturated rings. The van der Waals surface area contributed by atoms with Gasteiger partial charge in [0.15, 0.2) is 0 Å². The third-order valence-electron chi connectivity index (χ3n) is 5.15. The summed E-state index contributed by atoms with van der Waals surface area (Å²) in [7, 11) is 5.38. The summed E-state index contributed by atoms with van der Waals surface area (Å²) >= 11 is 0. The van der Waals surface area contributed by atoms with E-state index in [1.807, 2.05) is 43.3 Å². The molecule has 1 aromatic rings. The van der Waals surface area contributed by atoms with Crippen LogP contribution in [0.5, 0.6) is 0 Å². The second-order valence-corrected chi connectivity index (χ2v) is 9.70.